The highest BCUT2D eigenvalue weighted by atomic mass is 32.2. The number of benzene rings is 2. The average molecular weight is 375 g/mol. The Morgan fingerprint density at radius 1 is 1.35 bits per heavy atom. The minimum absolute atomic E-state index is 0.0839. The van der Waals surface area contributed by atoms with Crippen molar-refractivity contribution in [3.63, 3.8) is 0 Å². The highest BCUT2D eigenvalue weighted by Crippen LogP contribution is 2.28. The molecule has 0 radical (unpaired) electrons. The highest BCUT2D eigenvalue weighted by molar-refractivity contribution is 7.99. The molecule has 0 saturated heterocycles. The molecule has 0 saturated carbocycles. The van der Waals surface area contributed by atoms with Crippen LogP contribution in [0.25, 0.3) is 16.7 Å². The number of thioether (sulfide) groups is 1. The maximum Gasteiger partial charge on any atom is 0.316 e. The van der Waals surface area contributed by atoms with Crippen molar-refractivity contribution in [1.82, 2.24) is 9.55 Å². The second kappa shape index (κ2) is 7.12. The summed E-state index contributed by atoms with van der Waals surface area (Å²) < 4.78 is 15.0. The van der Waals surface area contributed by atoms with Crippen LogP contribution < -0.4 is 0 Å². The molecule has 1 aromatic heterocycles. The van der Waals surface area contributed by atoms with Gasteiger partial charge >= 0.3 is 5.97 Å². The van der Waals surface area contributed by atoms with Crippen molar-refractivity contribution in [2.75, 3.05) is 0 Å². The van der Waals surface area contributed by atoms with Crippen LogP contribution in [0.3, 0.4) is 0 Å². The van der Waals surface area contributed by atoms with Crippen LogP contribution in [0.2, 0.25) is 0 Å². The first-order chi connectivity index (χ1) is 12.4. The number of carboxylic acids is 1. The third-order valence-corrected chi connectivity index (χ3v) is 4.94. The summed E-state index contributed by atoms with van der Waals surface area (Å²) in [6.45, 7) is 1.57. The third kappa shape index (κ3) is 3.52. The Morgan fingerprint density at radius 2 is 2.04 bits per heavy atom. The van der Waals surface area contributed by atoms with Gasteiger partial charge in [-0.15, -0.1) is 11.8 Å². The van der Waals surface area contributed by atoms with Crippen LogP contribution >= 0.6 is 11.8 Å². The Labute approximate surface area is 151 Å². The monoisotopic (exact) mass is 375 g/mol. The lowest BCUT2D eigenvalue weighted by Crippen LogP contribution is -2.12. The molecule has 0 aliphatic rings. The van der Waals surface area contributed by atoms with E-state index in [-0.39, 0.29) is 17.3 Å². The molecule has 9 heteroatoms. The van der Waals surface area contributed by atoms with Gasteiger partial charge < -0.3 is 5.11 Å². The summed E-state index contributed by atoms with van der Waals surface area (Å²) in [6.07, 6.45) is 0. The molecule has 1 atom stereocenters. The molecule has 1 N–H and O–H groups in total. The van der Waals surface area contributed by atoms with Gasteiger partial charge in [-0.2, -0.15) is 0 Å². The predicted octanol–water partition coefficient (Wildman–Crippen LogP) is 3.78. The Balaban J connectivity index is 2.10. The Morgan fingerprint density at radius 3 is 2.65 bits per heavy atom. The molecule has 0 fully saturated rings. The summed E-state index contributed by atoms with van der Waals surface area (Å²) in [4.78, 5) is 26.0. The third-order valence-electron chi connectivity index (χ3n) is 3.81. The van der Waals surface area contributed by atoms with E-state index in [0.29, 0.717) is 22.5 Å². The van der Waals surface area contributed by atoms with Crippen molar-refractivity contribution in [2.24, 2.45) is 0 Å². The quantitative estimate of drug-likeness (QED) is 0.520. The van der Waals surface area contributed by atoms with Gasteiger partial charge in [0.2, 0.25) is 0 Å². The van der Waals surface area contributed by atoms with Gasteiger partial charge in [0.05, 0.1) is 27.0 Å². The fourth-order valence-corrected chi connectivity index (χ4v) is 3.21. The van der Waals surface area contributed by atoms with E-state index in [9.17, 15) is 19.3 Å². The first-order valence-corrected chi connectivity index (χ1v) is 8.68. The first-order valence-electron chi connectivity index (χ1n) is 7.63. The van der Waals surface area contributed by atoms with Crippen LogP contribution in [0.5, 0.6) is 0 Å². The van der Waals surface area contributed by atoms with E-state index >= 15 is 0 Å². The molecule has 2 aromatic carbocycles. The lowest BCUT2D eigenvalue weighted by Gasteiger charge is -2.10. The fraction of sp³-hybridized carbons (Fsp3) is 0.176. The number of hydrogen-bond acceptors (Lipinski definition) is 5. The number of fused-ring (bicyclic) bond motifs is 1. The molecular weight excluding hydrogens is 361 g/mol. The molecule has 0 bridgehead atoms. The lowest BCUT2D eigenvalue weighted by atomic mass is 10.2. The Bertz CT molecular complexity index is 988. The molecule has 134 valence electrons. The van der Waals surface area contributed by atoms with Crippen LogP contribution in [0.4, 0.5) is 10.1 Å². The number of carbonyl (C=O) groups is 1. The largest absolute Gasteiger partial charge is 0.480 e. The number of hydrogen-bond donors (Lipinski definition) is 1. The summed E-state index contributed by atoms with van der Waals surface area (Å²) in [7, 11) is 0. The highest BCUT2D eigenvalue weighted by Gasteiger charge is 2.18. The van der Waals surface area contributed by atoms with Gasteiger partial charge in [-0.05, 0) is 37.3 Å². The molecule has 0 amide bonds. The van der Waals surface area contributed by atoms with Crippen LogP contribution in [0, 0.1) is 15.9 Å². The number of nitro groups is 1. The number of aromatic nitrogens is 2. The molecule has 3 aromatic rings. The van der Waals surface area contributed by atoms with Crippen molar-refractivity contribution in [1.29, 1.82) is 0 Å². The molecule has 1 unspecified atom stereocenters. The number of halogens is 1. The van der Waals surface area contributed by atoms with E-state index in [0.717, 1.165) is 0 Å². The Kier molecular flexibility index (Phi) is 4.90. The molecule has 26 heavy (non-hydrogen) atoms. The average Bonchev–Trinajstić information content (AvgIpc) is 2.97. The molecule has 7 nitrogen and oxygen atoms in total. The van der Waals surface area contributed by atoms with Gasteiger partial charge in [0.25, 0.3) is 5.69 Å². The number of carboxylic acid groups (broad SMARTS) is 1. The smallest absolute Gasteiger partial charge is 0.316 e. The van der Waals surface area contributed by atoms with Crippen LogP contribution in [-0.4, -0.2) is 30.8 Å². The second-order valence-corrected chi connectivity index (χ2v) is 6.89. The van der Waals surface area contributed by atoms with E-state index in [1.54, 1.807) is 29.7 Å². The number of non-ortho nitro benzene ring substituents is 1. The summed E-state index contributed by atoms with van der Waals surface area (Å²) >= 11 is 1.18. The SMILES string of the molecule is CC(SCc1nc2cc([N+](=O)[O-])ccc2n1-c1ccc(F)cc1)C(=O)O. The second-order valence-electron chi connectivity index (χ2n) is 5.56. The van der Waals surface area contributed by atoms with Gasteiger partial charge in [0, 0.05) is 17.8 Å². The van der Waals surface area contributed by atoms with E-state index < -0.39 is 16.1 Å². The maximum absolute atomic E-state index is 13.3. The van der Waals surface area contributed by atoms with E-state index in [1.165, 1.54) is 36.0 Å². The molecule has 0 aliphatic carbocycles. The minimum Gasteiger partial charge on any atom is -0.480 e. The van der Waals surface area contributed by atoms with Gasteiger partial charge in [0.1, 0.15) is 11.6 Å². The zero-order valence-electron chi connectivity index (χ0n) is 13.6. The molecule has 0 spiro atoms. The van der Waals surface area contributed by atoms with Gasteiger partial charge in [-0.25, -0.2) is 9.37 Å². The van der Waals surface area contributed by atoms with Crippen molar-refractivity contribution in [3.05, 3.63) is 64.2 Å². The van der Waals surface area contributed by atoms with Crippen molar-refractivity contribution < 1.29 is 19.2 Å². The van der Waals surface area contributed by atoms with E-state index in [4.69, 9.17) is 5.11 Å². The normalized spacial score (nSPS) is 12.2. The molecule has 0 aliphatic heterocycles. The summed E-state index contributed by atoms with van der Waals surface area (Å²) in [5.41, 5.74) is 1.60. The Hall–Kier alpha value is -2.94. The predicted molar refractivity (Wildman–Crippen MR) is 96.1 cm³/mol. The molecule has 1 heterocycles. The van der Waals surface area contributed by atoms with Gasteiger partial charge in [0.15, 0.2) is 0 Å². The van der Waals surface area contributed by atoms with Crippen molar-refractivity contribution in [2.45, 2.75) is 17.9 Å². The van der Waals surface area contributed by atoms with E-state index in [1.807, 2.05) is 0 Å². The van der Waals surface area contributed by atoms with Crippen molar-refractivity contribution >= 4 is 34.5 Å². The van der Waals surface area contributed by atoms with Crippen LogP contribution in [-0.2, 0) is 10.5 Å². The zero-order valence-corrected chi connectivity index (χ0v) is 14.4. The summed E-state index contributed by atoms with van der Waals surface area (Å²) in [6, 6.07) is 10.1. The van der Waals surface area contributed by atoms with E-state index in [2.05, 4.69) is 4.98 Å². The molecular formula is C17H14FN3O4S. The topological polar surface area (TPSA) is 98.3 Å². The summed E-state index contributed by atoms with van der Waals surface area (Å²) in [5, 5.41) is 19.4. The fourth-order valence-electron chi connectivity index (χ4n) is 2.48. The minimum atomic E-state index is -0.935. The van der Waals surface area contributed by atoms with Gasteiger partial charge in [-0.3, -0.25) is 19.5 Å². The summed E-state index contributed by atoms with van der Waals surface area (Å²) in [5.74, 6) is -0.502. The number of nitrogens with zero attached hydrogens (tertiary/aromatic N) is 3. The number of rotatable bonds is 6. The van der Waals surface area contributed by atoms with Gasteiger partial charge in [-0.1, -0.05) is 0 Å². The number of imidazole rings is 1. The first kappa shape index (κ1) is 17.9. The number of nitro benzene ring substituents is 1. The maximum atomic E-state index is 13.3. The molecule has 3 rings (SSSR count). The zero-order chi connectivity index (χ0) is 18.8. The van der Waals surface area contributed by atoms with Crippen LogP contribution in [0.15, 0.2) is 42.5 Å². The lowest BCUT2D eigenvalue weighted by molar-refractivity contribution is -0.384. The number of aliphatic carboxylic acids is 1. The standard InChI is InChI=1S/C17H14FN3O4S/c1-10(17(22)23)26-9-16-19-14-8-13(21(24)25)6-7-15(14)20(16)12-4-2-11(18)3-5-12/h2-8,10H,9H2,1H3,(H,22,23). The van der Waals surface area contributed by atoms with Crippen molar-refractivity contribution in [3.8, 4) is 5.69 Å². The van der Waals surface area contributed by atoms with Crippen LogP contribution in [0.1, 0.15) is 12.7 Å².